The molecule has 5 nitrogen and oxygen atoms in total. The van der Waals surface area contributed by atoms with Crippen LogP contribution in [0, 0.1) is 7.14 Å². The maximum atomic E-state index is 12.3. The molecule has 140 valence electrons. The van der Waals surface area contributed by atoms with E-state index in [1.54, 1.807) is 6.08 Å². The van der Waals surface area contributed by atoms with Crippen molar-refractivity contribution in [2.75, 3.05) is 6.54 Å². The molecule has 1 saturated heterocycles. The summed E-state index contributed by atoms with van der Waals surface area (Å²) in [6, 6.07) is 13.5. The van der Waals surface area contributed by atoms with Crippen LogP contribution in [0.15, 0.2) is 48.2 Å². The number of amides is 3. The van der Waals surface area contributed by atoms with Crippen LogP contribution in [0.5, 0.6) is 5.75 Å². The number of ether oxygens (including phenoxy) is 1. The summed E-state index contributed by atoms with van der Waals surface area (Å²) in [6.07, 6.45) is 2.43. The smallest absolute Gasteiger partial charge is 0.329 e. The number of imide groups is 1. The fourth-order valence-electron chi connectivity index (χ4n) is 2.63. The fourth-order valence-corrected chi connectivity index (χ4v) is 3.69. The first kappa shape index (κ1) is 20.1. The molecule has 0 aliphatic carbocycles. The van der Waals surface area contributed by atoms with Crippen LogP contribution in [0.3, 0.4) is 0 Å². The van der Waals surface area contributed by atoms with Gasteiger partial charge in [-0.3, -0.25) is 9.69 Å². The van der Waals surface area contributed by atoms with E-state index in [9.17, 15) is 9.59 Å². The molecule has 1 aliphatic rings. The van der Waals surface area contributed by atoms with Gasteiger partial charge in [-0.25, -0.2) is 4.79 Å². The number of carbonyl (C=O) groups excluding carboxylic acids is 2. The van der Waals surface area contributed by atoms with Crippen molar-refractivity contribution in [2.45, 2.75) is 20.0 Å². The van der Waals surface area contributed by atoms with E-state index in [1.165, 1.54) is 8.47 Å². The van der Waals surface area contributed by atoms with Crippen LogP contribution in [-0.2, 0) is 11.4 Å². The number of carbonyl (C=O) groups is 2. The minimum atomic E-state index is -0.361. The number of hydrogen-bond acceptors (Lipinski definition) is 3. The third-order valence-electron chi connectivity index (χ3n) is 3.98. The molecule has 1 fully saturated rings. The summed E-state index contributed by atoms with van der Waals surface area (Å²) in [5, 5.41) is 2.64. The van der Waals surface area contributed by atoms with Gasteiger partial charge in [-0.15, -0.1) is 0 Å². The van der Waals surface area contributed by atoms with E-state index in [1.807, 2.05) is 49.4 Å². The molecule has 0 bridgehead atoms. The predicted octanol–water partition coefficient (Wildman–Crippen LogP) is 4.78. The molecule has 0 unspecified atom stereocenters. The Hall–Kier alpha value is -1.62. The molecule has 0 atom stereocenters. The zero-order valence-electron chi connectivity index (χ0n) is 14.7. The Balaban J connectivity index is 1.70. The van der Waals surface area contributed by atoms with Gasteiger partial charge in [0.2, 0.25) is 0 Å². The van der Waals surface area contributed by atoms with Gasteiger partial charge in [0.25, 0.3) is 5.91 Å². The van der Waals surface area contributed by atoms with E-state index < -0.39 is 0 Å². The number of urea groups is 1. The minimum Gasteiger partial charge on any atom is -0.488 e. The first-order valence-electron chi connectivity index (χ1n) is 8.49. The molecular weight excluding hydrogens is 570 g/mol. The Bertz CT molecular complexity index is 895. The quantitative estimate of drug-likeness (QED) is 0.301. The molecule has 0 radical (unpaired) electrons. The number of halogens is 2. The van der Waals surface area contributed by atoms with E-state index in [2.05, 4.69) is 50.5 Å². The number of hydrogen-bond donors (Lipinski definition) is 1. The summed E-state index contributed by atoms with van der Waals surface area (Å²) in [4.78, 5) is 25.4. The molecule has 0 saturated carbocycles. The summed E-state index contributed by atoms with van der Waals surface area (Å²) in [7, 11) is 0. The molecule has 2 aromatic rings. The van der Waals surface area contributed by atoms with Crippen LogP contribution in [-0.4, -0.2) is 23.4 Å². The maximum Gasteiger partial charge on any atom is 0.329 e. The Kier molecular flexibility index (Phi) is 6.74. The molecule has 3 rings (SSSR count). The van der Waals surface area contributed by atoms with Gasteiger partial charge in [0.05, 0.1) is 3.57 Å². The Morgan fingerprint density at radius 2 is 1.85 bits per heavy atom. The van der Waals surface area contributed by atoms with Gasteiger partial charge in [-0.05, 0) is 93.1 Å². The highest BCUT2D eigenvalue weighted by atomic mass is 127. The van der Waals surface area contributed by atoms with Crippen molar-refractivity contribution < 1.29 is 14.3 Å². The number of nitrogens with zero attached hydrogens (tertiary/aromatic N) is 1. The van der Waals surface area contributed by atoms with E-state index in [-0.39, 0.29) is 11.9 Å². The Labute approximate surface area is 185 Å². The average Bonchev–Trinajstić information content (AvgIpc) is 2.90. The zero-order chi connectivity index (χ0) is 19.4. The van der Waals surface area contributed by atoms with Gasteiger partial charge < -0.3 is 10.1 Å². The van der Waals surface area contributed by atoms with Crippen molar-refractivity contribution in [3.8, 4) is 5.75 Å². The molecule has 0 aromatic heterocycles. The molecular formula is C20H18I2N2O3. The number of nitrogens with one attached hydrogen (secondary N) is 1. The monoisotopic (exact) mass is 588 g/mol. The van der Waals surface area contributed by atoms with Crippen molar-refractivity contribution in [3.05, 3.63) is 66.4 Å². The predicted molar refractivity (Wildman–Crippen MR) is 121 cm³/mol. The normalized spacial score (nSPS) is 15.4. The standard InChI is InChI=1S/C20H18I2N2O3/c1-2-9-24-19(25)17(23-20(24)26)11-14-5-8-18(16(22)10-14)27-12-13-3-6-15(21)7-4-13/h3-8,10-11H,2,9,12H2,1H3,(H,23,26)/b17-11+. The highest BCUT2D eigenvalue weighted by Crippen LogP contribution is 2.25. The molecule has 1 N–H and O–H groups in total. The molecule has 1 aliphatic heterocycles. The summed E-state index contributed by atoms with van der Waals surface area (Å²) < 4.78 is 8.03. The molecule has 2 aromatic carbocycles. The second kappa shape index (κ2) is 9.05. The molecule has 3 amide bonds. The average molecular weight is 588 g/mol. The fraction of sp³-hybridized carbons (Fsp3) is 0.200. The third kappa shape index (κ3) is 5.01. The summed E-state index contributed by atoms with van der Waals surface area (Å²) in [5.41, 5.74) is 2.24. The zero-order valence-corrected chi connectivity index (χ0v) is 19.0. The van der Waals surface area contributed by atoms with Gasteiger partial charge in [0.15, 0.2) is 0 Å². The maximum absolute atomic E-state index is 12.3. The van der Waals surface area contributed by atoms with E-state index in [0.29, 0.717) is 18.8 Å². The van der Waals surface area contributed by atoms with Crippen LogP contribution >= 0.6 is 45.2 Å². The number of rotatable bonds is 6. The van der Waals surface area contributed by atoms with Crippen LogP contribution in [0.25, 0.3) is 6.08 Å². The summed E-state index contributed by atoms with van der Waals surface area (Å²) >= 11 is 4.48. The molecule has 27 heavy (non-hydrogen) atoms. The lowest BCUT2D eigenvalue weighted by Crippen LogP contribution is -2.31. The molecule has 7 heteroatoms. The second-order valence-corrected chi connectivity index (χ2v) is 8.46. The SMILES string of the molecule is CCCN1C(=O)N/C(=C/c2ccc(OCc3ccc(I)cc3)c(I)c2)C1=O. The van der Waals surface area contributed by atoms with E-state index in [0.717, 1.165) is 26.9 Å². The van der Waals surface area contributed by atoms with Crippen molar-refractivity contribution in [2.24, 2.45) is 0 Å². The lowest BCUT2D eigenvalue weighted by atomic mass is 10.2. The minimum absolute atomic E-state index is 0.282. The van der Waals surface area contributed by atoms with Gasteiger partial charge in [0, 0.05) is 10.1 Å². The third-order valence-corrected chi connectivity index (χ3v) is 5.55. The molecule has 0 spiro atoms. The van der Waals surface area contributed by atoms with Crippen LogP contribution in [0.4, 0.5) is 4.79 Å². The Morgan fingerprint density at radius 3 is 2.52 bits per heavy atom. The summed E-state index contributed by atoms with van der Waals surface area (Å²) in [6.45, 7) is 2.85. The summed E-state index contributed by atoms with van der Waals surface area (Å²) in [5.74, 6) is 0.501. The van der Waals surface area contributed by atoms with Crippen molar-refractivity contribution >= 4 is 63.2 Å². The van der Waals surface area contributed by atoms with Crippen molar-refractivity contribution in [1.29, 1.82) is 0 Å². The van der Waals surface area contributed by atoms with E-state index >= 15 is 0 Å². The first-order valence-corrected chi connectivity index (χ1v) is 10.6. The lowest BCUT2D eigenvalue weighted by Gasteiger charge is -2.10. The van der Waals surface area contributed by atoms with Gasteiger partial charge in [0.1, 0.15) is 18.1 Å². The highest BCUT2D eigenvalue weighted by Gasteiger charge is 2.32. The lowest BCUT2D eigenvalue weighted by molar-refractivity contribution is -0.122. The van der Waals surface area contributed by atoms with Crippen LogP contribution in [0.2, 0.25) is 0 Å². The van der Waals surface area contributed by atoms with Gasteiger partial charge >= 0.3 is 6.03 Å². The first-order chi connectivity index (χ1) is 13.0. The topological polar surface area (TPSA) is 58.6 Å². The molecule has 1 heterocycles. The largest absolute Gasteiger partial charge is 0.488 e. The van der Waals surface area contributed by atoms with Gasteiger partial charge in [-0.2, -0.15) is 0 Å². The van der Waals surface area contributed by atoms with E-state index in [4.69, 9.17) is 4.74 Å². The highest BCUT2D eigenvalue weighted by molar-refractivity contribution is 14.1. The van der Waals surface area contributed by atoms with Crippen LogP contribution < -0.4 is 10.1 Å². The van der Waals surface area contributed by atoms with Gasteiger partial charge in [-0.1, -0.05) is 25.1 Å². The van der Waals surface area contributed by atoms with Crippen molar-refractivity contribution in [1.82, 2.24) is 10.2 Å². The van der Waals surface area contributed by atoms with Crippen LogP contribution in [0.1, 0.15) is 24.5 Å². The second-order valence-electron chi connectivity index (χ2n) is 6.05. The number of benzene rings is 2. The van der Waals surface area contributed by atoms with Crippen molar-refractivity contribution in [3.63, 3.8) is 0 Å². The Morgan fingerprint density at radius 1 is 1.11 bits per heavy atom.